The number of fused-ring (bicyclic) bond motifs is 1. The number of carbonyl (C=O) groups excluding carboxylic acids is 2. The van der Waals surface area contributed by atoms with Gasteiger partial charge >= 0.3 is 0 Å². The summed E-state index contributed by atoms with van der Waals surface area (Å²) in [5.74, 6) is -0.0394. The largest absolute Gasteiger partial charge is 0.323 e. The van der Waals surface area contributed by atoms with Crippen LogP contribution in [0.1, 0.15) is 33.4 Å². The first-order valence-electron chi connectivity index (χ1n) is 9.49. The Hall–Kier alpha value is -3.16. The normalized spacial score (nSPS) is 10.9. The van der Waals surface area contributed by atoms with Crippen LogP contribution >= 0.6 is 22.9 Å². The van der Waals surface area contributed by atoms with E-state index in [0.717, 1.165) is 34.7 Å². The van der Waals surface area contributed by atoms with Crippen molar-refractivity contribution in [2.75, 3.05) is 0 Å². The molecule has 0 saturated heterocycles. The smallest absolute Gasteiger partial charge is 0.279 e. The van der Waals surface area contributed by atoms with Gasteiger partial charge in [-0.25, -0.2) is 4.98 Å². The Balaban J connectivity index is 1.52. The van der Waals surface area contributed by atoms with Gasteiger partial charge in [0.05, 0.1) is 31.4 Å². The van der Waals surface area contributed by atoms with Crippen LogP contribution in [0, 0.1) is 0 Å². The first-order chi connectivity index (χ1) is 14.6. The number of hydrogen-bond donors (Lipinski definition) is 2. The maximum atomic E-state index is 12.5. The van der Waals surface area contributed by atoms with E-state index < -0.39 is 11.8 Å². The molecule has 0 saturated carbocycles. The molecule has 4 aromatic rings. The molecule has 0 fully saturated rings. The van der Waals surface area contributed by atoms with Crippen molar-refractivity contribution in [2.24, 2.45) is 0 Å². The third-order valence-corrected chi connectivity index (χ3v) is 5.97. The van der Waals surface area contributed by atoms with Gasteiger partial charge in [-0.2, -0.15) is 0 Å². The monoisotopic (exact) mass is 438 g/mol. The number of hydrogen-bond acceptors (Lipinski definition) is 4. The Kier molecular flexibility index (Phi) is 5.83. The maximum absolute atomic E-state index is 12.5. The molecular formula is C22H19ClN4O2S. The summed E-state index contributed by atoms with van der Waals surface area (Å²) >= 11 is 7.34. The summed E-state index contributed by atoms with van der Waals surface area (Å²) in [5.41, 5.74) is 7.13. The first-order valence-corrected chi connectivity index (χ1v) is 10.7. The number of para-hydroxylation sites is 2. The molecular weight excluding hydrogens is 420 g/mol. The van der Waals surface area contributed by atoms with Gasteiger partial charge in [0.15, 0.2) is 5.82 Å². The van der Waals surface area contributed by atoms with E-state index in [1.807, 2.05) is 30.3 Å². The second-order valence-electron chi connectivity index (χ2n) is 6.63. The van der Waals surface area contributed by atoms with Gasteiger partial charge in [0.25, 0.3) is 11.8 Å². The molecule has 2 aromatic carbocycles. The number of nitrogens with one attached hydrogen (secondary N) is 2. The fraction of sp³-hybridized carbons (Fsp3) is 0.136. The Morgan fingerprint density at radius 2 is 1.73 bits per heavy atom. The van der Waals surface area contributed by atoms with Gasteiger partial charge in [0.2, 0.25) is 0 Å². The van der Waals surface area contributed by atoms with E-state index in [9.17, 15) is 9.59 Å². The minimum Gasteiger partial charge on any atom is -0.323 e. The number of carbonyl (C=O) groups is 2. The number of imidazole rings is 1. The summed E-state index contributed by atoms with van der Waals surface area (Å²) in [6.45, 7) is 2.96. The summed E-state index contributed by atoms with van der Waals surface area (Å²) in [7, 11) is 0. The Morgan fingerprint density at radius 1 is 1.00 bits per heavy atom. The molecule has 0 aliphatic rings. The Labute approximate surface area is 182 Å². The maximum Gasteiger partial charge on any atom is 0.279 e. The van der Waals surface area contributed by atoms with Gasteiger partial charge in [0.1, 0.15) is 0 Å². The summed E-state index contributed by atoms with van der Waals surface area (Å²) in [4.78, 5) is 30.9. The van der Waals surface area contributed by atoms with Gasteiger partial charge in [-0.15, -0.1) is 11.3 Å². The molecule has 30 heavy (non-hydrogen) atoms. The highest BCUT2D eigenvalue weighted by molar-refractivity contribution is 7.17. The first kappa shape index (κ1) is 20.1. The van der Waals surface area contributed by atoms with Crippen molar-refractivity contribution < 1.29 is 9.59 Å². The third-order valence-electron chi connectivity index (χ3n) is 4.56. The van der Waals surface area contributed by atoms with E-state index in [4.69, 9.17) is 16.6 Å². The van der Waals surface area contributed by atoms with Gasteiger partial charge in [-0.05, 0) is 42.8 Å². The lowest BCUT2D eigenvalue weighted by atomic mass is 10.2. The third kappa shape index (κ3) is 3.94. The van der Waals surface area contributed by atoms with Crippen molar-refractivity contribution in [3.8, 4) is 10.7 Å². The number of aryl methyl sites for hydroxylation is 1. The molecule has 6 nitrogen and oxygen atoms in total. The van der Waals surface area contributed by atoms with E-state index in [2.05, 4.69) is 22.3 Å². The predicted octanol–water partition coefficient (Wildman–Crippen LogP) is 4.90. The van der Waals surface area contributed by atoms with Crippen molar-refractivity contribution in [1.29, 1.82) is 0 Å². The number of thiophene rings is 1. The van der Waals surface area contributed by atoms with Crippen molar-refractivity contribution in [3.63, 3.8) is 0 Å². The lowest BCUT2D eigenvalue weighted by Crippen LogP contribution is -2.41. The molecule has 8 heteroatoms. The molecule has 0 aliphatic heterocycles. The molecule has 0 unspecified atom stereocenters. The van der Waals surface area contributed by atoms with Crippen molar-refractivity contribution in [2.45, 2.75) is 19.9 Å². The zero-order valence-corrected chi connectivity index (χ0v) is 17.8. The number of halogens is 1. The molecule has 2 aromatic heterocycles. The second kappa shape index (κ2) is 8.69. The fourth-order valence-electron chi connectivity index (χ4n) is 3.18. The number of nitrogens with zero attached hydrogens (tertiary/aromatic N) is 2. The lowest BCUT2D eigenvalue weighted by Gasteiger charge is -2.07. The summed E-state index contributed by atoms with van der Waals surface area (Å²) < 4.78 is 2.17. The van der Waals surface area contributed by atoms with Crippen LogP contribution in [0.4, 0.5) is 0 Å². The van der Waals surface area contributed by atoms with Crippen LogP contribution in [0.2, 0.25) is 5.02 Å². The van der Waals surface area contributed by atoms with Gasteiger partial charge < -0.3 is 4.57 Å². The van der Waals surface area contributed by atoms with Crippen molar-refractivity contribution >= 4 is 45.8 Å². The van der Waals surface area contributed by atoms with E-state index in [-0.39, 0.29) is 0 Å². The fourth-order valence-corrected chi connectivity index (χ4v) is 4.30. The van der Waals surface area contributed by atoms with Crippen LogP contribution in [0.3, 0.4) is 0 Å². The predicted molar refractivity (Wildman–Crippen MR) is 120 cm³/mol. The molecule has 2 N–H and O–H groups in total. The summed E-state index contributed by atoms with van der Waals surface area (Å²) in [5, 5.41) is 0.317. The Bertz CT molecular complexity index is 1230. The van der Waals surface area contributed by atoms with E-state index in [0.29, 0.717) is 15.5 Å². The number of aromatic nitrogens is 2. The number of benzene rings is 2. The van der Waals surface area contributed by atoms with E-state index in [1.54, 1.807) is 30.3 Å². The van der Waals surface area contributed by atoms with Crippen molar-refractivity contribution in [3.05, 3.63) is 76.1 Å². The van der Waals surface area contributed by atoms with Gasteiger partial charge in [0, 0.05) is 6.54 Å². The minimum atomic E-state index is -0.476. The number of rotatable bonds is 5. The average molecular weight is 439 g/mol. The van der Waals surface area contributed by atoms with Crippen molar-refractivity contribution in [1.82, 2.24) is 20.4 Å². The molecule has 4 rings (SSSR count). The van der Waals surface area contributed by atoms with E-state index in [1.165, 1.54) is 11.3 Å². The molecule has 2 heterocycles. The minimum absolute atomic E-state index is 0.291. The molecule has 0 bridgehead atoms. The molecule has 2 amide bonds. The summed E-state index contributed by atoms with van der Waals surface area (Å²) in [6.07, 6.45) is 0.972. The highest BCUT2D eigenvalue weighted by Gasteiger charge is 2.17. The zero-order chi connectivity index (χ0) is 21.1. The van der Waals surface area contributed by atoms with Gasteiger partial charge in [-0.1, -0.05) is 42.8 Å². The van der Waals surface area contributed by atoms with Crippen LogP contribution in [-0.2, 0) is 6.54 Å². The average Bonchev–Trinajstić information content (AvgIpc) is 3.38. The Morgan fingerprint density at radius 3 is 2.53 bits per heavy atom. The van der Waals surface area contributed by atoms with Crippen LogP contribution in [0.5, 0.6) is 0 Å². The quantitative estimate of drug-likeness (QED) is 0.435. The molecule has 0 spiro atoms. The highest BCUT2D eigenvalue weighted by atomic mass is 35.5. The highest BCUT2D eigenvalue weighted by Crippen LogP contribution is 2.30. The zero-order valence-electron chi connectivity index (χ0n) is 16.2. The van der Waals surface area contributed by atoms with Crippen LogP contribution in [0.15, 0.2) is 60.7 Å². The number of hydrazine groups is 1. The number of amides is 2. The van der Waals surface area contributed by atoms with E-state index >= 15 is 0 Å². The standard InChI is InChI=1S/C22H19ClN4O2S/c1-2-13-27-17-10-6-5-9-16(17)24-20(27)18-11-12-19(30-18)22(29)26-25-21(28)14-7-3-4-8-15(14)23/h3-12H,2,13H2,1H3,(H,25,28)(H,26,29). The molecule has 0 aliphatic carbocycles. The summed E-state index contributed by atoms with van der Waals surface area (Å²) in [6, 6.07) is 18.2. The van der Waals surface area contributed by atoms with Crippen LogP contribution in [0.25, 0.3) is 21.7 Å². The molecule has 152 valence electrons. The topological polar surface area (TPSA) is 76.0 Å². The molecule has 0 atom stereocenters. The van der Waals surface area contributed by atoms with Gasteiger partial charge in [-0.3, -0.25) is 20.4 Å². The SMILES string of the molecule is CCCn1c(-c2ccc(C(=O)NNC(=O)c3ccccc3Cl)s2)nc2ccccc21. The molecule has 0 radical (unpaired) electrons. The van der Waals surface area contributed by atoms with Crippen LogP contribution < -0.4 is 10.9 Å². The lowest BCUT2D eigenvalue weighted by molar-refractivity contribution is 0.0849. The second-order valence-corrected chi connectivity index (χ2v) is 8.12. The van der Waals surface area contributed by atoms with Crippen LogP contribution in [-0.4, -0.2) is 21.4 Å².